The van der Waals surface area contributed by atoms with Gasteiger partial charge in [-0.05, 0) is 19.3 Å². The van der Waals surface area contributed by atoms with Crippen molar-refractivity contribution in [3.63, 3.8) is 0 Å². The van der Waals surface area contributed by atoms with Crippen LogP contribution >= 0.6 is 0 Å². The predicted molar refractivity (Wildman–Crippen MR) is 70.3 cm³/mol. The summed E-state index contributed by atoms with van der Waals surface area (Å²) in [5, 5.41) is 25.2. The Morgan fingerprint density at radius 3 is 2.06 bits per heavy atom. The largest absolute Gasteiger partial charge is 0.478 e. The van der Waals surface area contributed by atoms with Crippen LogP contribution in [0.15, 0.2) is 12.7 Å². The lowest BCUT2D eigenvalue weighted by Gasteiger charge is -2.07. The van der Waals surface area contributed by atoms with E-state index in [1.54, 1.807) is 0 Å². The van der Waals surface area contributed by atoms with Crippen molar-refractivity contribution in [2.75, 3.05) is 13.7 Å². The molecule has 0 heterocycles. The molecule has 5 nitrogen and oxygen atoms in total. The Balaban J connectivity index is 0. The number of ether oxygens (including phenoxy) is 1. The fraction of sp³-hybridized carbons (Fsp3) is 0.769. The molecule has 0 fully saturated rings. The van der Waals surface area contributed by atoms with Gasteiger partial charge in [-0.25, -0.2) is 4.79 Å². The summed E-state index contributed by atoms with van der Waals surface area (Å²) in [6, 6.07) is 0. The average molecular weight is 262 g/mol. The van der Waals surface area contributed by atoms with Gasteiger partial charge in [-0.1, -0.05) is 32.3 Å². The maximum atomic E-state index is 9.25. The van der Waals surface area contributed by atoms with Crippen LogP contribution in [0.1, 0.15) is 44.9 Å². The van der Waals surface area contributed by atoms with Crippen LogP contribution in [0.4, 0.5) is 0 Å². The molecule has 1 unspecified atom stereocenters. The van der Waals surface area contributed by atoms with Crippen LogP contribution in [0.5, 0.6) is 0 Å². The molecule has 0 saturated heterocycles. The lowest BCUT2D eigenvalue weighted by Crippen LogP contribution is -2.07. The topological polar surface area (TPSA) is 87.0 Å². The van der Waals surface area contributed by atoms with Gasteiger partial charge in [0.25, 0.3) is 0 Å². The first kappa shape index (κ1) is 19.4. The quantitative estimate of drug-likeness (QED) is 0.318. The number of carboxylic acid groups (broad SMARTS) is 1. The molecule has 0 saturated carbocycles. The minimum Gasteiger partial charge on any atom is -0.478 e. The minimum atomic E-state index is -0.981. The molecule has 0 bridgehead atoms. The van der Waals surface area contributed by atoms with Gasteiger partial charge in [-0.15, -0.1) is 0 Å². The van der Waals surface area contributed by atoms with Crippen molar-refractivity contribution >= 4 is 5.97 Å². The van der Waals surface area contributed by atoms with Crippen LogP contribution in [0.25, 0.3) is 0 Å². The van der Waals surface area contributed by atoms with Crippen LogP contribution in [-0.2, 0) is 9.53 Å². The number of aliphatic hydroxyl groups is 2. The molecule has 1 atom stereocenters. The zero-order valence-corrected chi connectivity index (χ0v) is 11.2. The molecule has 5 heteroatoms. The zero-order chi connectivity index (χ0) is 14.2. The van der Waals surface area contributed by atoms with Gasteiger partial charge < -0.3 is 20.1 Å². The first-order valence-electron chi connectivity index (χ1n) is 6.25. The molecular weight excluding hydrogens is 236 g/mol. The zero-order valence-electron chi connectivity index (χ0n) is 11.2. The summed E-state index contributed by atoms with van der Waals surface area (Å²) in [5.41, 5.74) is 0. The second-order valence-electron chi connectivity index (χ2n) is 3.87. The lowest BCUT2D eigenvalue weighted by atomic mass is 10.1. The number of carboxylic acids is 1. The van der Waals surface area contributed by atoms with Crippen LogP contribution in [-0.4, -0.2) is 41.3 Å². The predicted octanol–water partition coefficient (Wildman–Crippen LogP) is 1.93. The van der Waals surface area contributed by atoms with Crippen molar-refractivity contribution in [3.05, 3.63) is 12.7 Å². The molecule has 0 aromatic rings. The standard InChI is InChI=1S/C10H22O3.C3H4O2/c1-13-10(12)8-6-4-2-3-5-7-9-11;1-2-3(4)5/h10-12H,2-9H2,1H3;2H,1H2,(H,4,5). The molecule has 0 rings (SSSR count). The fourth-order valence-corrected chi connectivity index (χ4v) is 1.26. The third kappa shape index (κ3) is 20.5. The summed E-state index contributed by atoms with van der Waals surface area (Å²) in [5.74, 6) is -0.981. The first-order valence-corrected chi connectivity index (χ1v) is 6.25. The van der Waals surface area contributed by atoms with E-state index >= 15 is 0 Å². The van der Waals surface area contributed by atoms with Crippen LogP contribution in [0.2, 0.25) is 0 Å². The smallest absolute Gasteiger partial charge is 0.327 e. The number of carbonyl (C=O) groups is 1. The molecule has 108 valence electrons. The Hall–Kier alpha value is -0.910. The van der Waals surface area contributed by atoms with Crippen LogP contribution in [0.3, 0.4) is 0 Å². The number of hydrogen-bond acceptors (Lipinski definition) is 4. The molecule has 0 aliphatic rings. The van der Waals surface area contributed by atoms with Gasteiger partial charge >= 0.3 is 5.97 Å². The van der Waals surface area contributed by atoms with Gasteiger partial charge in [0.2, 0.25) is 0 Å². The summed E-state index contributed by atoms with van der Waals surface area (Å²) in [7, 11) is 1.52. The van der Waals surface area contributed by atoms with Crippen LogP contribution in [0, 0.1) is 0 Å². The number of aliphatic carboxylic acids is 1. The van der Waals surface area contributed by atoms with Crippen molar-refractivity contribution < 1.29 is 24.9 Å². The number of aliphatic hydroxyl groups excluding tert-OH is 2. The molecule has 0 spiro atoms. The molecule has 0 aliphatic carbocycles. The van der Waals surface area contributed by atoms with E-state index in [0.29, 0.717) is 6.61 Å². The highest BCUT2D eigenvalue weighted by molar-refractivity contribution is 5.78. The Bertz CT molecular complexity index is 194. The van der Waals surface area contributed by atoms with Gasteiger partial charge in [-0.3, -0.25) is 0 Å². The van der Waals surface area contributed by atoms with E-state index < -0.39 is 12.3 Å². The highest BCUT2D eigenvalue weighted by Crippen LogP contribution is 2.08. The number of hydrogen-bond donors (Lipinski definition) is 3. The molecular formula is C13H26O5. The van der Waals surface area contributed by atoms with Crippen molar-refractivity contribution in [2.24, 2.45) is 0 Å². The Morgan fingerprint density at radius 2 is 1.67 bits per heavy atom. The maximum absolute atomic E-state index is 9.25. The molecule has 3 N–H and O–H groups in total. The van der Waals surface area contributed by atoms with Crippen molar-refractivity contribution in [3.8, 4) is 0 Å². The van der Waals surface area contributed by atoms with E-state index in [0.717, 1.165) is 38.2 Å². The molecule has 0 aliphatic heterocycles. The van der Waals surface area contributed by atoms with Crippen molar-refractivity contribution in [1.29, 1.82) is 0 Å². The van der Waals surface area contributed by atoms with Crippen LogP contribution < -0.4 is 0 Å². The average Bonchev–Trinajstić information content (AvgIpc) is 2.38. The third-order valence-electron chi connectivity index (χ3n) is 2.31. The van der Waals surface area contributed by atoms with E-state index in [4.69, 9.17) is 20.1 Å². The van der Waals surface area contributed by atoms with Gasteiger partial charge in [-0.2, -0.15) is 0 Å². The summed E-state index contributed by atoms with van der Waals surface area (Å²) in [6.45, 7) is 3.27. The number of rotatable bonds is 10. The normalized spacial score (nSPS) is 11.3. The van der Waals surface area contributed by atoms with E-state index in [2.05, 4.69) is 6.58 Å². The number of methoxy groups -OCH3 is 1. The molecule has 18 heavy (non-hydrogen) atoms. The lowest BCUT2D eigenvalue weighted by molar-refractivity contribution is -0.131. The highest BCUT2D eigenvalue weighted by Gasteiger charge is 1.99. The van der Waals surface area contributed by atoms with Gasteiger partial charge in [0.1, 0.15) is 0 Å². The van der Waals surface area contributed by atoms with Gasteiger partial charge in [0.05, 0.1) is 0 Å². The summed E-state index contributed by atoms with van der Waals surface area (Å²) in [4.78, 5) is 9.25. The highest BCUT2D eigenvalue weighted by atomic mass is 16.6. The second-order valence-corrected chi connectivity index (χ2v) is 3.87. The van der Waals surface area contributed by atoms with E-state index in [9.17, 15) is 4.79 Å². The van der Waals surface area contributed by atoms with Gasteiger partial charge in [0.15, 0.2) is 6.29 Å². The van der Waals surface area contributed by atoms with Gasteiger partial charge in [0, 0.05) is 19.8 Å². The number of unbranched alkanes of at least 4 members (excludes halogenated alkanes) is 5. The first-order chi connectivity index (χ1) is 8.58. The monoisotopic (exact) mass is 262 g/mol. The molecule has 0 aromatic carbocycles. The Labute approximate surface area is 109 Å². The molecule has 0 aromatic heterocycles. The summed E-state index contributed by atoms with van der Waals surface area (Å²) in [6.07, 6.45) is 7.55. The fourth-order valence-electron chi connectivity index (χ4n) is 1.26. The minimum absolute atomic E-state index is 0.308. The van der Waals surface area contributed by atoms with E-state index in [1.165, 1.54) is 20.0 Å². The van der Waals surface area contributed by atoms with Crippen molar-refractivity contribution in [1.82, 2.24) is 0 Å². The Morgan fingerprint density at radius 1 is 1.22 bits per heavy atom. The SMILES string of the molecule is C=CC(=O)O.COC(O)CCCCCCCCO. The van der Waals surface area contributed by atoms with E-state index in [-0.39, 0.29) is 0 Å². The van der Waals surface area contributed by atoms with Crippen molar-refractivity contribution in [2.45, 2.75) is 51.2 Å². The Kier molecular flexibility index (Phi) is 17.4. The molecule has 0 radical (unpaired) electrons. The summed E-state index contributed by atoms with van der Waals surface area (Å²) >= 11 is 0. The third-order valence-corrected chi connectivity index (χ3v) is 2.31. The second kappa shape index (κ2) is 16.1. The molecule has 0 amide bonds. The summed E-state index contributed by atoms with van der Waals surface area (Å²) < 4.78 is 4.72. The maximum Gasteiger partial charge on any atom is 0.327 e. The van der Waals surface area contributed by atoms with E-state index in [1.807, 2.05) is 0 Å².